The van der Waals surface area contributed by atoms with E-state index in [4.69, 9.17) is 19.2 Å². The van der Waals surface area contributed by atoms with E-state index in [9.17, 15) is 0 Å². The molecule has 0 aromatic carbocycles. The number of phosphoric acid groups is 1. The van der Waals surface area contributed by atoms with Gasteiger partial charge in [0.1, 0.15) is 0 Å². The second-order valence-electron chi connectivity index (χ2n) is 0.513. The van der Waals surface area contributed by atoms with Crippen LogP contribution in [0, 0.1) is 0 Å². The van der Waals surface area contributed by atoms with E-state index in [1.54, 1.807) is 0 Å². The van der Waals surface area contributed by atoms with E-state index in [0.717, 1.165) is 0 Å². The van der Waals surface area contributed by atoms with Crippen molar-refractivity contribution in [1.82, 2.24) is 0 Å². The summed E-state index contributed by atoms with van der Waals surface area (Å²) < 4.78 is 8.88. The van der Waals surface area contributed by atoms with Crippen LogP contribution in [-0.4, -0.2) is 57.3 Å². The van der Waals surface area contributed by atoms with Gasteiger partial charge >= 0.3 is 34.0 Å². The molecule has 0 amide bonds. The average molecular weight is 364 g/mol. The second kappa shape index (κ2) is 11.6. The molecule has 9 heteroatoms. The van der Waals surface area contributed by atoms with Crippen LogP contribution >= 0.6 is 7.82 Å². The normalized spacial score (nSPS) is 6.56. The molecule has 0 radical (unpaired) electrons. The molecule has 0 aliphatic carbocycles. The first kappa shape index (κ1) is 32.7. The Morgan fingerprint density at radius 2 is 0.889 bits per heavy atom. The van der Waals surface area contributed by atoms with Gasteiger partial charge in [0.15, 0.2) is 0 Å². The summed E-state index contributed by atoms with van der Waals surface area (Å²) in [6.45, 7) is 0. The fraction of sp³-hybridized carbons (Fsp3) is 0. The van der Waals surface area contributed by atoms with Crippen molar-refractivity contribution in [2.75, 3.05) is 0 Å². The topological polar surface area (TPSA) is 172 Å². The first-order chi connectivity index (χ1) is 2.00. The van der Waals surface area contributed by atoms with Gasteiger partial charge in [-0.1, -0.05) is 0 Å². The zero-order chi connectivity index (χ0) is 4.50. The Balaban J connectivity index is -0.0000000133. The molecular formula is H12BiO7P. The molecule has 0 rings (SSSR count). The van der Waals surface area contributed by atoms with E-state index < -0.39 is 7.82 Å². The molecule has 9 heavy (non-hydrogen) atoms. The van der Waals surface area contributed by atoms with Crippen molar-refractivity contribution in [3.8, 4) is 0 Å². The molecule has 9 N–H and O–H groups in total. The molecule has 0 aromatic rings. The Bertz CT molecular complexity index is 55.1. The van der Waals surface area contributed by atoms with E-state index in [0.29, 0.717) is 0 Å². The van der Waals surface area contributed by atoms with Crippen LogP contribution in [0.1, 0.15) is 0 Å². The summed E-state index contributed by atoms with van der Waals surface area (Å²) >= 11 is 0. The zero-order valence-electron chi connectivity index (χ0n) is 4.40. The van der Waals surface area contributed by atoms with Crippen molar-refractivity contribution in [2.24, 2.45) is 0 Å². The molecule has 0 heterocycles. The Labute approximate surface area is 70.0 Å². The third-order valence-corrected chi connectivity index (χ3v) is 0. The summed E-state index contributed by atoms with van der Waals surface area (Å²) in [5.74, 6) is 0. The summed E-state index contributed by atoms with van der Waals surface area (Å²) in [4.78, 5) is 21.6. The maximum absolute atomic E-state index is 8.88. The fourth-order valence-electron chi connectivity index (χ4n) is 0. The van der Waals surface area contributed by atoms with E-state index in [2.05, 4.69) is 0 Å². The quantitative estimate of drug-likeness (QED) is 0.290. The van der Waals surface area contributed by atoms with Crippen LogP contribution in [0.25, 0.3) is 0 Å². The standard InChI is InChI=1S/Bi.H3O4P.3H2O.3H/c;1-5(2,3)4;;;;;;/h;(H3,1,2,3,4);3*1H2;;;. The summed E-state index contributed by atoms with van der Waals surface area (Å²) in [5.41, 5.74) is 0. The van der Waals surface area contributed by atoms with Crippen molar-refractivity contribution in [2.45, 2.75) is 0 Å². The summed E-state index contributed by atoms with van der Waals surface area (Å²) in [7, 11) is -4.64. The van der Waals surface area contributed by atoms with Crippen LogP contribution < -0.4 is 0 Å². The van der Waals surface area contributed by atoms with Crippen molar-refractivity contribution >= 4 is 34.0 Å². The van der Waals surface area contributed by atoms with Crippen molar-refractivity contribution in [3.05, 3.63) is 0 Å². The van der Waals surface area contributed by atoms with E-state index >= 15 is 0 Å². The van der Waals surface area contributed by atoms with Gasteiger partial charge in [-0.3, -0.25) is 0 Å². The van der Waals surface area contributed by atoms with Crippen LogP contribution in [0.4, 0.5) is 0 Å². The molecule has 0 bridgehead atoms. The average Bonchev–Trinajstić information content (AvgIpc) is 0.722. The molecule has 0 saturated heterocycles. The van der Waals surface area contributed by atoms with Crippen LogP contribution in [0.3, 0.4) is 0 Å². The number of hydrogen-bond donors (Lipinski definition) is 3. The predicted molar refractivity (Wildman–Crippen MR) is 35.0 cm³/mol. The van der Waals surface area contributed by atoms with Crippen LogP contribution in [0.15, 0.2) is 0 Å². The van der Waals surface area contributed by atoms with Gasteiger partial charge in [-0.25, -0.2) is 4.57 Å². The number of rotatable bonds is 0. The monoisotopic (exact) mass is 364 g/mol. The molecule has 0 fully saturated rings. The van der Waals surface area contributed by atoms with Gasteiger partial charge in [0, 0.05) is 0 Å². The molecule has 64 valence electrons. The summed E-state index contributed by atoms with van der Waals surface area (Å²) in [5, 5.41) is 0. The maximum atomic E-state index is 8.88. The molecule has 0 atom stereocenters. The minimum absolute atomic E-state index is 0. The van der Waals surface area contributed by atoms with Gasteiger partial charge in [0.25, 0.3) is 0 Å². The first-order valence-corrected chi connectivity index (χ1v) is 2.35. The molecular weight excluding hydrogens is 352 g/mol. The molecule has 0 aliphatic heterocycles. The predicted octanol–water partition coefficient (Wildman–Crippen LogP) is -4.59. The van der Waals surface area contributed by atoms with Crippen molar-refractivity contribution in [1.29, 1.82) is 0 Å². The van der Waals surface area contributed by atoms with Gasteiger partial charge in [-0.15, -0.1) is 0 Å². The van der Waals surface area contributed by atoms with Crippen molar-refractivity contribution in [3.63, 3.8) is 0 Å². The fourth-order valence-corrected chi connectivity index (χ4v) is 0. The first-order valence-electron chi connectivity index (χ1n) is 0.783. The van der Waals surface area contributed by atoms with E-state index in [1.165, 1.54) is 0 Å². The van der Waals surface area contributed by atoms with Crippen molar-refractivity contribution < 1.29 is 35.7 Å². The third-order valence-electron chi connectivity index (χ3n) is 0. The molecule has 7 nitrogen and oxygen atoms in total. The zero-order valence-corrected chi connectivity index (χ0v) is 10.8. The van der Waals surface area contributed by atoms with Gasteiger partial charge in [-0.2, -0.15) is 0 Å². The van der Waals surface area contributed by atoms with E-state index in [1.807, 2.05) is 0 Å². The molecule has 0 spiro atoms. The third kappa shape index (κ3) is 550. The molecule has 0 aromatic heterocycles. The Morgan fingerprint density at radius 1 is 0.889 bits per heavy atom. The minimum atomic E-state index is -4.64. The van der Waals surface area contributed by atoms with Gasteiger partial charge < -0.3 is 31.1 Å². The Kier molecular flexibility index (Phi) is 42.3. The molecule has 0 saturated carbocycles. The molecule has 0 aliphatic rings. The summed E-state index contributed by atoms with van der Waals surface area (Å²) in [6, 6.07) is 0. The van der Waals surface area contributed by atoms with Gasteiger partial charge in [0.05, 0.1) is 0 Å². The van der Waals surface area contributed by atoms with Crippen LogP contribution in [-0.2, 0) is 4.57 Å². The Morgan fingerprint density at radius 3 is 0.889 bits per heavy atom. The molecule has 0 unspecified atom stereocenters. The summed E-state index contributed by atoms with van der Waals surface area (Å²) in [6.07, 6.45) is 0. The van der Waals surface area contributed by atoms with Gasteiger partial charge in [0.2, 0.25) is 0 Å². The SMILES string of the molecule is O.O.O.O=P(O)(O)O.[BiH3]. The second-order valence-corrected chi connectivity index (χ2v) is 1.54. The number of hydrogen-bond acceptors (Lipinski definition) is 1. The van der Waals surface area contributed by atoms with Crippen LogP contribution in [0.2, 0.25) is 0 Å². The van der Waals surface area contributed by atoms with Gasteiger partial charge in [-0.05, 0) is 0 Å². The van der Waals surface area contributed by atoms with Crippen LogP contribution in [0.5, 0.6) is 0 Å². The Hall–Kier alpha value is 0.873. The van der Waals surface area contributed by atoms with E-state index in [-0.39, 0.29) is 42.6 Å².